The van der Waals surface area contributed by atoms with Gasteiger partial charge >= 0.3 is 0 Å². The Bertz CT molecular complexity index is 3170. The molecule has 0 fully saturated rings. The van der Waals surface area contributed by atoms with Crippen molar-refractivity contribution < 1.29 is 99.4 Å². The zero-order chi connectivity index (χ0) is 65.3. The van der Waals surface area contributed by atoms with Gasteiger partial charge < -0.3 is 101 Å². The number of hydrogen-bond acceptors (Lipinski definition) is 20. The zero-order valence-electron chi connectivity index (χ0n) is 50.1. The van der Waals surface area contributed by atoms with Gasteiger partial charge in [0.1, 0.15) is 71.6 Å². The summed E-state index contributed by atoms with van der Waals surface area (Å²) in [5.41, 5.74) is 0.521. The van der Waals surface area contributed by atoms with Crippen LogP contribution in [0.2, 0.25) is 0 Å². The fraction of sp³-hybridized carbons (Fsp3) is 0.412. The Morgan fingerprint density at radius 1 is 0.283 bits per heavy atom. The first-order chi connectivity index (χ1) is 44.5. The van der Waals surface area contributed by atoms with Gasteiger partial charge in [-0.05, 0) is 115 Å². The van der Waals surface area contributed by atoms with Crippen LogP contribution in [0.25, 0.3) is 0 Å². The maximum absolute atomic E-state index is 14.9. The molecule has 16 N–H and O–H groups in total. The number of nitrogens with one attached hydrogen (secondary N) is 4. The van der Waals surface area contributed by atoms with E-state index in [0.717, 1.165) is 22.3 Å². The van der Waals surface area contributed by atoms with E-state index in [4.69, 9.17) is 18.9 Å². The van der Waals surface area contributed by atoms with Crippen molar-refractivity contribution in [3.8, 4) is 23.0 Å². The molecule has 8 atom stereocenters. The number of rotatable bonds is 20. The van der Waals surface area contributed by atoms with E-state index < -0.39 is 172 Å². The van der Waals surface area contributed by atoms with Crippen LogP contribution in [0.15, 0.2) is 121 Å². The van der Waals surface area contributed by atoms with Gasteiger partial charge in [-0.2, -0.15) is 0 Å². The Labute approximate surface area is 528 Å². The average Bonchev–Trinajstić information content (AvgIpc) is 0.706. The van der Waals surface area contributed by atoms with Gasteiger partial charge in [0.25, 0.3) is 0 Å². The number of amides is 4. The van der Waals surface area contributed by atoms with Crippen molar-refractivity contribution in [2.24, 2.45) is 23.7 Å². The van der Waals surface area contributed by atoms with Gasteiger partial charge in [-0.3, -0.25) is 19.2 Å². The van der Waals surface area contributed by atoms with Crippen LogP contribution in [0.1, 0.15) is 90.4 Å². The van der Waals surface area contributed by atoms with Gasteiger partial charge in [0, 0.05) is 23.7 Å². The molecule has 0 aromatic heterocycles. The molecular formula is C68H76N4O20. The molecule has 4 amide bonds. The molecule has 0 saturated carbocycles. The van der Waals surface area contributed by atoms with Gasteiger partial charge in [0.2, 0.25) is 23.6 Å². The molecule has 14 aliphatic heterocycles. The molecule has 20 bridgehead atoms. The van der Waals surface area contributed by atoms with Crippen LogP contribution in [-0.4, -0.2) is 186 Å². The van der Waals surface area contributed by atoms with Gasteiger partial charge in [-0.1, -0.05) is 72.8 Å². The number of hydrogen-bond donors (Lipinski definition) is 16. The van der Waals surface area contributed by atoms with Crippen molar-refractivity contribution in [1.82, 2.24) is 21.3 Å². The predicted octanol–water partition coefficient (Wildman–Crippen LogP) is -0.710. The van der Waals surface area contributed by atoms with Gasteiger partial charge in [0.15, 0.2) is 0 Å². The molecule has 26 rings (SSSR count). The standard InChI is InChI=1S/C68H76N4O20/c73-25-65(26-74,27-75)69-61(85)57-53-47-15-11-43-19-51(47)54(58(57)62(86)70-66(28-76,29-77)30-78)45-13-9-41(17-49(45)53)89-21-37-1-2-38(4-3-37)22-90-42-10-14-46-50(18-42)55-48-16-12-44(92-24-40-7-5-39(6-8-40)23-91-43)20-52(48)56(46)60(64(88)72-68(34-82,35-83)36-84)59(55)63(87)71-67(31-79,32-80)33-81/h1-20,53-60,73-84H,21-36H2,(H,69,85)(H,70,86)(H,71,87)(H,72,88). The van der Waals surface area contributed by atoms with E-state index in [2.05, 4.69) is 21.3 Å². The van der Waals surface area contributed by atoms with Crippen molar-refractivity contribution in [2.75, 3.05) is 79.3 Å². The minimum atomic E-state index is -1.90. The van der Waals surface area contributed by atoms with Crippen molar-refractivity contribution in [3.63, 3.8) is 0 Å². The largest absolute Gasteiger partial charge is 0.489 e. The minimum Gasteiger partial charge on any atom is -0.489 e. The topological polar surface area (TPSA) is 396 Å². The van der Waals surface area contributed by atoms with Crippen LogP contribution in [-0.2, 0) is 45.6 Å². The quantitative estimate of drug-likeness (QED) is 0.0449. The molecule has 14 heterocycles. The molecule has 8 unspecified atom stereocenters. The van der Waals surface area contributed by atoms with Crippen molar-refractivity contribution in [3.05, 3.63) is 188 Å². The van der Waals surface area contributed by atoms with Crippen LogP contribution >= 0.6 is 0 Å². The molecule has 6 aromatic rings. The third kappa shape index (κ3) is 11.9. The minimum absolute atomic E-state index is 0.0772. The third-order valence-electron chi connectivity index (χ3n) is 19.2. The number of aliphatic hydroxyl groups is 12. The summed E-state index contributed by atoms with van der Waals surface area (Å²) in [5.74, 6) is -10.5. The van der Waals surface area contributed by atoms with E-state index in [1.54, 1.807) is 72.8 Å². The van der Waals surface area contributed by atoms with Crippen LogP contribution in [0.4, 0.5) is 0 Å². The normalized spacial score (nSPS) is 21.3. The van der Waals surface area contributed by atoms with E-state index in [1.807, 2.05) is 48.5 Å². The lowest BCUT2D eigenvalue weighted by Crippen LogP contribution is -2.64. The fourth-order valence-electron chi connectivity index (χ4n) is 13.7. The first-order valence-corrected chi connectivity index (χ1v) is 30.3. The van der Waals surface area contributed by atoms with E-state index in [1.165, 1.54) is 0 Å². The summed E-state index contributed by atoms with van der Waals surface area (Å²) in [4.78, 5) is 59.8. The molecule has 24 heteroatoms. The number of carbonyl (C=O) groups is 4. The maximum atomic E-state index is 14.9. The summed E-state index contributed by atoms with van der Waals surface area (Å²) in [7, 11) is 0. The molecule has 6 aliphatic carbocycles. The van der Waals surface area contributed by atoms with Crippen LogP contribution in [0, 0.1) is 23.7 Å². The molecule has 0 saturated heterocycles. The fourth-order valence-corrected chi connectivity index (χ4v) is 13.7. The lowest BCUT2D eigenvalue weighted by atomic mass is 9.53. The molecule has 488 valence electrons. The number of fused-ring (bicyclic) bond motifs is 2. The van der Waals surface area contributed by atoms with E-state index in [0.29, 0.717) is 67.5 Å². The summed E-state index contributed by atoms with van der Waals surface area (Å²) in [6, 6.07) is 36.2. The second kappa shape index (κ2) is 26.9. The highest BCUT2D eigenvalue weighted by Crippen LogP contribution is 2.61. The van der Waals surface area contributed by atoms with Crippen molar-refractivity contribution in [2.45, 2.75) is 72.3 Å². The van der Waals surface area contributed by atoms with E-state index >= 15 is 0 Å². The molecule has 20 aliphatic rings. The zero-order valence-corrected chi connectivity index (χ0v) is 50.1. The average molecular weight is 1270 g/mol. The van der Waals surface area contributed by atoms with Crippen molar-refractivity contribution in [1.29, 1.82) is 0 Å². The lowest BCUT2D eigenvalue weighted by molar-refractivity contribution is -0.141. The lowest BCUT2D eigenvalue weighted by Gasteiger charge is -2.50. The summed E-state index contributed by atoms with van der Waals surface area (Å²) >= 11 is 0. The van der Waals surface area contributed by atoms with Gasteiger partial charge in [-0.25, -0.2) is 0 Å². The summed E-state index contributed by atoms with van der Waals surface area (Å²) in [6.07, 6.45) is 0. The van der Waals surface area contributed by atoms with E-state index in [-0.39, 0.29) is 26.4 Å². The number of ether oxygens (including phenoxy) is 4. The number of carbonyl (C=O) groups excluding carboxylic acids is 4. The Morgan fingerprint density at radius 3 is 0.620 bits per heavy atom. The molecule has 0 spiro atoms. The van der Waals surface area contributed by atoms with Crippen LogP contribution in [0.5, 0.6) is 23.0 Å². The third-order valence-corrected chi connectivity index (χ3v) is 19.2. The highest BCUT2D eigenvalue weighted by molar-refractivity contribution is 5.94. The Morgan fingerprint density at radius 2 is 0.457 bits per heavy atom. The van der Waals surface area contributed by atoms with E-state index in [9.17, 15) is 80.5 Å². The predicted molar refractivity (Wildman–Crippen MR) is 326 cm³/mol. The molecule has 24 nitrogen and oxygen atoms in total. The summed E-state index contributed by atoms with van der Waals surface area (Å²) in [6.45, 7) is -9.95. The summed E-state index contributed by atoms with van der Waals surface area (Å²) < 4.78 is 25.8. The molecule has 0 radical (unpaired) electrons. The first kappa shape index (κ1) is 65.4. The highest BCUT2D eigenvalue weighted by atomic mass is 16.5. The maximum Gasteiger partial charge on any atom is 0.225 e. The van der Waals surface area contributed by atoms with Crippen LogP contribution in [0.3, 0.4) is 0 Å². The Hall–Kier alpha value is -8.08. The summed E-state index contributed by atoms with van der Waals surface area (Å²) in [5, 5.41) is 135. The van der Waals surface area contributed by atoms with Gasteiger partial charge in [-0.15, -0.1) is 0 Å². The number of benzene rings is 6. The smallest absolute Gasteiger partial charge is 0.225 e. The van der Waals surface area contributed by atoms with Crippen LogP contribution < -0.4 is 40.2 Å². The monoisotopic (exact) mass is 1270 g/mol. The Balaban J connectivity index is 0.972. The van der Waals surface area contributed by atoms with Gasteiger partial charge in [0.05, 0.1) is 103 Å². The first-order valence-electron chi connectivity index (χ1n) is 30.3. The number of aliphatic hydroxyl groups excluding tert-OH is 12. The second-order valence-electron chi connectivity index (χ2n) is 24.9. The molecule has 92 heavy (non-hydrogen) atoms. The second-order valence-corrected chi connectivity index (χ2v) is 24.9. The molecule has 6 aromatic carbocycles. The SMILES string of the molecule is O=C(NC(CO)(CO)CO)C1C2c3ccc4cc3C(c3ccc(cc32)OCc2ccc(cc2)COc2ccc3c(c2)C2c5ccc(cc5C3C(C(=O)NC(CO)(CO)CO)C2C(=O)NC(CO)(CO)CO)OCc2ccc(cc2)CO4)C1C(=O)NC(CO)(CO)CO. The van der Waals surface area contributed by atoms with Crippen molar-refractivity contribution >= 4 is 23.6 Å². The Kier molecular flexibility index (Phi) is 19.1. The molecular weight excluding hydrogens is 1190 g/mol. The highest BCUT2D eigenvalue weighted by Gasteiger charge is 2.59.